The molecule has 1 aromatic rings. The predicted octanol–water partition coefficient (Wildman–Crippen LogP) is 3.21. The van der Waals surface area contributed by atoms with E-state index in [2.05, 4.69) is 54.4 Å². The van der Waals surface area contributed by atoms with Crippen molar-refractivity contribution in [3.8, 4) is 0 Å². The molecule has 4 atom stereocenters. The van der Waals surface area contributed by atoms with Crippen molar-refractivity contribution in [1.29, 1.82) is 0 Å². The van der Waals surface area contributed by atoms with E-state index in [0.29, 0.717) is 12.1 Å². The predicted molar refractivity (Wildman–Crippen MR) is 80.2 cm³/mol. The third-order valence-electron chi connectivity index (χ3n) is 4.97. The van der Waals surface area contributed by atoms with Crippen molar-refractivity contribution in [2.75, 3.05) is 13.1 Å². The fraction of sp³-hybridized carbons (Fsp3) is 0.647. The number of hydrogen-bond acceptors (Lipinski definition) is 2. The third kappa shape index (κ3) is 2.70. The summed E-state index contributed by atoms with van der Waals surface area (Å²) in [5.41, 5.74) is 1.47. The van der Waals surface area contributed by atoms with Gasteiger partial charge in [0.05, 0.1) is 0 Å². The van der Waals surface area contributed by atoms with Crippen LogP contribution in [0, 0.1) is 5.92 Å². The number of nitrogens with zero attached hydrogens (tertiary/aromatic N) is 1. The topological polar surface area (TPSA) is 15.3 Å². The van der Waals surface area contributed by atoms with E-state index in [4.69, 9.17) is 0 Å². The second-order valence-corrected chi connectivity index (χ2v) is 6.41. The molecule has 0 amide bonds. The minimum absolute atomic E-state index is 0.558. The minimum atomic E-state index is 0.558. The molecule has 4 unspecified atom stereocenters. The zero-order valence-electron chi connectivity index (χ0n) is 12.2. The zero-order valence-corrected chi connectivity index (χ0v) is 12.2. The van der Waals surface area contributed by atoms with Crippen LogP contribution in [0.1, 0.15) is 44.7 Å². The lowest BCUT2D eigenvalue weighted by atomic mass is 9.95. The van der Waals surface area contributed by atoms with Gasteiger partial charge in [-0.05, 0) is 31.2 Å². The SMILES string of the molecule is CC1CN(C2CCCC2C)C(c2ccccc2)CN1. The van der Waals surface area contributed by atoms with Gasteiger partial charge >= 0.3 is 0 Å². The summed E-state index contributed by atoms with van der Waals surface area (Å²) < 4.78 is 0. The molecule has 1 saturated carbocycles. The van der Waals surface area contributed by atoms with Gasteiger partial charge in [-0.1, -0.05) is 43.7 Å². The van der Waals surface area contributed by atoms with Gasteiger partial charge in [-0.15, -0.1) is 0 Å². The van der Waals surface area contributed by atoms with Crippen LogP contribution in [-0.4, -0.2) is 30.1 Å². The molecule has 2 aliphatic rings. The largest absolute Gasteiger partial charge is 0.311 e. The molecule has 2 fully saturated rings. The average molecular weight is 258 g/mol. The summed E-state index contributed by atoms with van der Waals surface area (Å²) in [6.07, 6.45) is 4.20. The van der Waals surface area contributed by atoms with E-state index >= 15 is 0 Å². The van der Waals surface area contributed by atoms with Crippen LogP contribution in [0.15, 0.2) is 30.3 Å². The van der Waals surface area contributed by atoms with Gasteiger partial charge in [0.25, 0.3) is 0 Å². The Balaban J connectivity index is 1.84. The highest BCUT2D eigenvalue weighted by atomic mass is 15.3. The molecule has 1 aromatic carbocycles. The first-order chi connectivity index (χ1) is 9.25. The maximum Gasteiger partial charge on any atom is 0.0476 e. The van der Waals surface area contributed by atoms with E-state index in [0.717, 1.165) is 18.5 Å². The molecular weight excluding hydrogens is 232 g/mol. The van der Waals surface area contributed by atoms with E-state index in [1.807, 2.05) is 0 Å². The summed E-state index contributed by atoms with van der Waals surface area (Å²) in [5, 5.41) is 3.66. The maximum atomic E-state index is 3.66. The summed E-state index contributed by atoms with van der Waals surface area (Å²) in [4.78, 5) is 2.79. The highest BCUT2D eigenvalue weighted by Gasteiger charge is 2.36. The molecule has 1 saturated heterocycles. The lowest BCUT2D eigenvalue weighted by Crippen LogP contribution is -2.55. The summed E-state index contributed by atoms with van der Waals surface area (Å²) >= 11 is 0. The van der Waals surface area contributed by atoms with E-state index in [1.165, 1.54) is 31.4 Å². The van der Waals surface area contributed by atoms with Crippen LogP contribution < -0.4 is 5.32 Å². The number of rotatable bonds is 2. The van der Waals surface area contributed by atoms with E-state index in [-0.39, 0.29) is 0 Å². The quantitative estimate of drug-likeness (QED) is 0.876. The zero-order chi connectivity index (χ0) is 13.2. The second-order valence-electron chi connectivity index (χ2n) is 6.41. The highest BCUT2D eigenvalue weighted by Crippen LogP contribution is 2.36. The minimum Gasteiger partial charge on any atom is -0.311 e. The van der Waals surface area contributed by atoms with Crippen LogP contribution in [0.25, 0.3) is 0 Å². The highest BCUT2D eigenvalue weighted by molar-refractivity contribution is 5.20. The molecule has 19 heavy (non-hydrogen) atoms. The Kier molecular flexibility index (Phi) is 3.90. The molecule has 1 heterocycles. The first kappa shape index (κ1) is 13.1. The number of piperazine rings is 1. The number of benzene rings is 1. The van der Waals surface area contributed by atoms with E-state index < -0.39 is 0 Å². The molecule has 0 bridgehead atoms. The van der Waals surface area contributed by atoms with Gasteiger partial charge in [0.2, 0.25) is 0 Å². The smallest absolute Gasteiger partial charge is 0.0476 e. The normalized spacial score (nSPS) is 36.5. The van der Waals surface area contributed by atoms with Crippen LogP contribution >= 0.6 is 0 Å². The Morgan fingerprint density at radius 3 is 2.58 bits per heavy atom. The molecule has 104 valence electrons. The molecular formula is C17H26N2. The molecule has 3 rings (SSSR count). The Morgan fingerprint density at radius 1 is 1.11 bits per heavy atom. The molecule has 2 heteroatoms. The van der Waals surface area contributed by atoms with Gasteiger partial charge in [-0.25, -0.2) is 0 Å². The van der Waals surface area contributed by atoms with Crippen molar-refractivity contribution in [3.05, 3.63) is 35.9 Å². The summed E-state index contributed by atoms with van der Waals surface area (Å²) in [6, 6.07) is 13.0. The Hall–Kier alpha value is -0.860. The van der Waals surface area contributed by atoms with Gasteiger partial charge in [0.1, 0.15) is 0 Å². The average Bonchev–Trinajstić information content (AvgIpc) is 2.86. The molecule has 1 N–H and O–H groups in total. The number of nitrogens with one attached hydrogen (secondary N) is 1. The van der Waals surface area contributed by atoms with Crippen molar-refractivity contribution in [2.45, 2.75) is 51.2 Å². The lowest BCUT2D eigenvalue weighted by Gasteiger charge is -2.44. The van der Waals surface area contributed by atoms with Crippen LogP contribution in [0.5, 0.6) is 0 Å². The number of hydrogen-bond donors (Lipinski definition) is 1. The van der Waals surface area contributed by atoms with Gasteiger partial charge in [0.15, 0.2) is 0 Å². The molecule has 0 spiro atoms. The van der Waals surface area contributed by atoms with Crippen molar-refractivity contribution in [1.82, 2.24) is 10.2 Å². The van der Waals surface area contributed by atoms with Gasteiger partial charge in [0, 0.05) is 31.2 Å². The van der Waals surface area contributed by atoms with Crippen molar-refractivity contribution >= 4 is 0 Å². The molecule has 2 nitrogen and oxygen atoms in total. The fourth-order valence-corrected chi connectivity index (χ4v) is 3.91. The van der Waals surface area contributed by atoms with Crippen LogP contribution in [0.2, 0.25) is 0 Å². The Labute approximate surface area is 117 Å². The standard InChI is InChI=1S/C17H26N2/c1-13-7-6-10-16(13)19-12-14(2)18-11-17(19)15-8-4-3-5-9-15/h3-5,8-9,13-14,16-18H,6-7,10-12H2,1-2H3. The lowest BCUT2D eigenvalue weighted by molar-refractivity contribution is 0.0686. The monoisotopic (exact) mass is 258 g/mol. The van der Waals surface area contributed by atoms with E-state index in [9.17, 15) is 0 Å². The molecule has 1 aliphatic carbocycles. The van der Waals surface area contributed by atoms with Gasteiger partial charge in [-0.3, -0.25) is 4.90 Å². The van der Waals surface area contributed by atoms with Crippen molar-refractivity contribution in [3.63, 3.8) is 0 Å². The van der Waals surface area contributed by atoms with Crippen molar-refractivity contribution < 1.29 is 0 Å². The fourth-order valence-electron chi connectivity index (χ4n) is 3.91. The Bertz CT molecular complexity index is 403. The van der Waals surface area contributed by atoms with Gasteiger partial charge < -0.3 is 5.32 Å². The van der Waals surface area contributed by atoms with Crippen LogP contribution in [0.4, 0.5) is 0 Å². The maximum absolute atomic E-state index is 3.66. The van der Waals surface area contributed by atoms with Crippen LogP contribution in [0.3, 0.4) is 0 Å². The third-order valence-corrected chi connectivity index (χ3v) is 4.97. The molecule has 0 radical (unpaired) electrons. The molecule has 0 aromatic heterocycles. The molecule has 1 aliphatic heterocycles. The van der Waals surface area contributed by atoms with Crippen molar-refractivity contribution in [2.24, 2.45) is 5.92 Å². The Morgan fingerprint density at radius 2 is 1.89 bits per heavy atom. The van der Waals surface area contributed by atoms with Gasteiger partial charge in [-0.2, -0.15) is 0 Å². The summed E-state index contributed by atoms with van der Waals surface area (Å²) in [6.45, 7) is 7.03. The van der Waals surface area contributed by atoms with E-state index in [1.54, 1.807) is 0 Å². The summed E-state index contributed by atoms with van der Waals surface area (Å²) in [7, 11) is 0. The summed E-state index contributed by atoms with van der Waals surface area (Å²) in [5.74, 6) is 0.858. The first-order valence-electron chi connectivity index (χ1n) is 7.80. The first-order valence-corrected chi connectivity index (χ1v) is 7.80. The second kappa shape index (κ2) is 5.64. The van der Waals surface area contributed by atoms with Crippen LogP contribution in [-0.2, 0) is 0 Å².